The fourth-order valence-corrected chi connectivity index (χ4v) is 4.33. The molecule has 0 fully saturated rings. The molecule has 3 aromatic rings. The maximum Gasteiger partial charge on any atom is 0.407 e. The van der Waals surface area contributed by atoms with Gasteiger partial charge in [-0.1, -0.05) is 48.5 Å². The quantitative estimate of drug-likeness (QED) is 0.453. The van der Waals surface area contributed by atoms with E-state index in [2.05, 4.69) is 39.9 Å². The molecular formula is C27H27N3O5. The number of aromatic nitrogens is 1. The molecule has 180 valence electrons. The van der Waals surface area contributed by atoms with Gasteiger partial charge in [0, 0.05) is 23.2 Å². The summed E-state index contributed by atoms with van der Waals surface area (Å²) in [6.07, 6.45) is 0.680. The largest absolute Gasteiger partial charge is 0.481 e. The third-order valence-electron chi connectivity index (χ3n) is 5.88. The van der Waals surface area contributed by atoms with E-state index in [0.717, 1.165) is 22.3 Å². The number of ether oxygens (including phenoxy) is 1. The molecule has 2 aromatic carbocycles. The lowest BCUT2D eigenvalue weighted by atomic mass is 9.98. The number of hydrogen-bond acceptors (Lipinski definition) is 5. The molecule has 1 aliphatic rings. The number of pyridine rings is 1. The summed E-state index contributed by atoms with van der Waals surface area (Å²) in [6.45, 7) is 3.56. The molecule has 0 spiro atoms. The minimum atomic E-state index is -1.00. The van der Waals surface area contributed by atoms with Gasteiger partial charge in [0.2, 0.25) is 0 Å². The zero-order chi connectivity index (χ0) is 25.0. The van der Waals surface area contributed by atoms with Gasteiger partial charge in [0.1, 0.15) is 6.61 Å². The van der Waals surface area contributed by atoms with Gasteiger partial charge in [0.15, 0.2) is 0 Å². The van der Waals surface area contributed by atoms with Gasteiger partial charge in [-0.2, -0.15) is 0 Å². The summed E-state index contributed by atoms with van der Waals surface area (Å²) in [5.74, 6) is -1.45. The Hall–Kier alpha value is -4.20. The van der Waals surface area contributed by atoms with E-state index in [9.17, 15) is 14.4 Å². The van der Waals surface area contributed by atoms with E-state index in [-0.39, 0.29) is 25.5 Å². The maximum atomic E-state index is 12.5. The van der Waals surface area contributed by atoms with Gasteiger partial charge in [-0.15, -0.1) is 0 Å². The van der Waals surface area contributed by atoms with Crippen LogP contribution in [0.3, 0.4) is 0 Å². The molecule has 0 unspecified atom stereocenters. The Labute approximate surface area is 203 Å². The first kappa shape index (κ1) is 23.9. The fraction of sp³-hybridized carbons (Fsp3) is 0.259. The predicted molar refractivity (Wildman–Crippen MR) is 130 cm³/mol. The van der Waals surface area contributed by atoms with Crippen LogP contribution >= 0.6 is 0 Å². The number of aliphatic carboxylic acids is 1. The van der Waals surface area contributed by atoms with Crippen molar-refractivity contribution in [3.63, 3.8) is 0 Å². The van der Waals surface area contributed by atoms with Gasteiger partial charge in [0.05, 0.1) is 18.7 Å². The third-order valence-corrected chi connectivity index (χ3v) is 5.88. The van der Waals surface area contributed by atoms with E-state index in [0.29, 0.717) is 11.3 Å². The van der Waals surface area contributed by atoms with Crippen molar-refractivity contribution in [1.29, 1.82) is 0 Å². The lowest BCUT2D eigenvalue weighted by Gasteiger charge is -2.24. The van der Waals surface area contributed by atoms with Gasteiger partial charge in [0.25, 0.3) is 5.91 Å². The van der Waals surface area contributed by atoms with Crippen molar-refractivity contribution in [3.05, 3.63) is 89.2 Å². The first-order valence-corrected chi connectivity index (χ1v) is 11.3. The van der Waals surface area contributed by atoms with Gasteiger partial charge < -0.3 is 20.5 Å². The number of nitrogens with zero attached hydrogens (tertiary/aromatic N) is 1. The van der Waals surface area contributed by atoms with Crippen LogP contribution in [0.25, 0.3) is 11.1 Å². The Morgan fingerprint density at radius 2 is 1.63 bits per heavy atom. The number of hydrogen-bond donors (Lipinski definition) is 3. The number of amides is 2. The summed E-state index contributed by atoms with van der Waals surface area (Å²) >= 11 is 0. The Balaban J connectivity index is 1.34. The molecule has 1 aromatic heterocycles. The van der Waals surface area contributed by atoms with Gasteiger partial charge >= 0.3 is 12.1 Å². The standard InChI is InChI=1S/C27H27N3O5/c1-27(2,14-24(31)32)30-25(33)17-11-12-28-18(13-17)15-29-26(34)35-16-23-21-9-5-3-7-19(21)20-8-4-6-10-22(20)23/h3-13,23H,14-16H2,1-2H3,(H,29,34)(H,30,33)(H,31,32). The molecule has 0 saturated carbocycles. The minimum Gasteiger partial charge on any atom is -0.481 e. The highest BCUT2D eigenvalue weighted by Gasteiger charge is 2.29. The van der Waals surface area contributed by atoms with E-state index in [1.807, 2.05) is 24.3 Å². The number of carbonyl (C=O) groups is 3. The molecule has 2 amide bonds. The summed E-state index contributed by atoms with van der Waals surface area (Å²) in [6, 6.07) is 19.3. The highest BCUT2D eigenvalue weighted by atomic mass is 16.5. The van der Waals surface area contributed by atoms with Crippen molar-refractivity contribution >= 4 is 18.0 Å². The number of carboxylic acid groups (broad SMARTS) is 1. The molecule has 4 rings (SSSR count). The number of carboxylic acids is 1. The molecule has 0 radical (unpaired) electrons. The molecule has 8 heteroatoms. The van der Waals surface area contributed by atoms with Crippen molar-refractivity contribution in [1.82, 2.24) is 15.6 Å². The summed E-state index contributed by atoms with van der Waals surface area (Å²) in [4.78, 5) is 40.1. The summed E-state index contributed by atoms with van der Waals surface area (Å²) < 4.78 is 5.53. The monoisotopic (exact) mass is 473 g/mol. The van der Waals surface area contributed by atoms with Crippen LogP contribution in [0.5, 0.6) is 0 Å². The van der Waals surface area contributed by atoms with Crippen molar-refractivity contribution in [2.45, 2.75) is 38.3 Å². The highest BCUT2D eigenvalue weighted by molar-refractivity contribution is 5.95. The lowest BCUT2D eigenvalue weighted by Crippen LogP contribution is -2.45. The number of nitrogens with one attached hydrogen (secondary N) is 2. The number of rotatable bonds is 8. The zero-order valence-corrected chi connectivity index (χ0v) is 19.6. The van der Waals surface area contributed by atoms with Gasteiger partial charge in [-0.25, -0.2) is 4.79 Å². The van der Waals surface area contributed by atoms with Crippen molar-refractivity contribution < 1.29 is 24.2 Å². The Bertz CT molecular complexity index is 1230. The number of fused-ring (bicyclic) bond motifs is 3. The smallest absolute Gasteiger partial charge is 0.407 e. The van der Waals surface area contributed by atoms with Gasteiger partial charge in [-0.3, -0.25) is 14.6 Å². The SMILES string of the molecule is CC(C)(CC(=O)O)NC(=O)c1ccnc(CNC(=O)OCC2c3ccccc3-c3ccccc32)c1. The molecule has 35 heavy (non-hydrogen) atoms. The second-order valence-electron chi connectivity index (χ2n) is 9.12. The van der Waals surface area contributed by atoms with E-state index in [4.69, 9.17) is 9.84 Å². The third kappa shape index (κ3) is 5.66. The fourth-order valence-electron chi connectivity index (χ4n) is 4.33. The Morgan fingerprint density at radius 1 is 1.00 bits per heavy atom. The highest BCUT2D eigenvalue weighted by Crippen LogP contribution is 2.44. The first-order chi connectivity index (χ1) is 16.7. The second-order valence-corrected chi connectivity index (χ2v) is 9.12. The van der Waals surface area contributed by atoms with Crippen LogP contribution in [0.15, 0.2) is 66.9 Å². The molecule has 0 bridgehead atoms. The number of alkyl carbamates (subject to hydrolysis) is 1. The maximum absolute atomic E-state index is 12.5. The van der Waals surface area contributed by atoms with E-state index in [1.165, 1.54) is 12.3 Å². The zero-order valence-electron chi connectivity index (χ0n) is 19.6. The van der Waals surface area contributed by atoms with Crippen molar-refractivity contribution in [2.75, 3.05) is 6.61 Å². The summed E-state index contributed by atoms with van der Waals surface area (Å²) in [5.41, 5.74) is 4.46. The molecule has 1 aliphatic carbocycles. The lowest BCUT2D eigenvalue weighted by molar-refractivity contribution is -0.138. The van der Waals surface area contributed by atoms with Crippen LogP contribution in [0.2, 0.25) is 0 Å². The molecule has 0 atom stereocenters. The van der Waals surface area contributed by atoms with E-state index < -0.39 is 23.5 Å². The Kier molecular flexibility index (Phi) is 6.82. The first-order valence-electron chi connectivity index (χ1n) is 11.3. The second kappa shape index (κ2) is 9.97. The summed E-state index contributed by atoms with van der Waals surface area (Å²) in [7, 11) is 0. The van der Waals surface area contributed by atoms with Crippen LogP contribution < -0.4 is 10.6 Å². The van der Waals surface area contributed by atoms with Gasteiger partial charge in [-0.05, 0) is 48.2 Å². The molecular weight excluding hydrogens is 446 g/mol. The summed E-state index contributed by atoms with van der Waals surface area (Å²) in [5, 5.41) is 14.4. The molecule has 0 saturated heterocycles. The van der Waals surface area contributed by atoms with E-state index >= 15 is 0 Å². The molecule has 1 heterocycles. The van der Waals surface area contributed by atoms with Crippen molar-refractivity contribution in [2.24, 2.45) is 0 Å². The minimum absolute atomic E-state index is 0.0348. The van der Waals surface area contributed by atoms with Crippen LogP contribution in [0.4, 0.5) is 4.79 Å². The average Bonchev–Trinajstić information content (AvgIpc) is 3.14. The molecule has 3 N–H and O–H groups in total. The van der Waals surface area contributed by atoms with Crippen LogP contribution in [0.1, 0.15) is 53.4 Å². The van der Waals surface area contributed by atoms with Crippen LogP contribution in [-0.2, 0) is 16.1 Å². The number of carbonyl (C=O) groups excluding carboxylic acids is 2. The molecule has 0 aliphatic heterocycles. The van der Waals surface area contributed by atoms with Crippen LogP contribution in [0, 0.1) is 0 Å². The van der Waals surface area contributed by atoms with Crippen LogP contribution in [-0.4, -0.2) is 40.2 Å². The normalized spacial score (nSPS) is 12.4. The van der Waals surface area contributed by atoms with Crippen molar-refractivity contribution in [3.8, 4) is 11.1 Å². The Morgan fingerprint density at radius 3 is 2.26 bits per heavy atom. The number of benzene rings is 2. The predicted octanol–water partition coefficient (Wildman–Crippen LogP) is 4.10. The average molecular weight is 474 g/mol. The topological polar surface area (TPSA) is 118 Å². The molecule has 8 nitrogen and oxygen atoms in total. The van der Waals surface area contributed by atoms with E-state index in [1.54, 1.807) is 19.9 Å².